The molecular weight excluding hydrogens is 505 g/mol. The van der Waals surface area contributed by atoms with Gasteiger partial charge in [0.15, 0.2) is 0 Å². The van der Waals surface area contributed by atoms with Gasteiger partial charge in [-0.25, -0.2) is 15.0 Å². The standard InChI is InChI=1S/C28H35Cl2N7/c1-19(17-31)12-13-27(33-7)35-15-14-34-26(32-6)11-9-10-24(22(4)25(30)16-20(2)29)23(5)28-36-21(3)18-37(28)8/h9-13,16,18,34-35H,6-7,14-15H2,1-5,8H3/b10-9+,19-12+,20-16+,24-23-,25-22+,26-11-,27-13+. The summed E-state index contributed by atoms with van der Waals surface area (Å²) in [7, 11) is 1.96. The van der Waals surface area contributed by atoms with Crippen molar-refractivity contribution < 1.29 is 0 Å². The molecule has 0 fully saturated rings. The van der Waals surface area contributed by atoms with Crippen LogP contribution in [-0.4, -0.2) is 36.1 Å². The van der Waals surface area contributed by atoms with Crippen molar-refractivity contribution in [2.45, 2.75) is 34.6 Å². The Labute approximate surface area is 230 Å². The van der Waals surface area contributed by atoms with Crippen molar-refractivity contribution in [1.82, 2.24) is 20.2 Å². The lowest BCUT2D eigenvalue weighted by atomic mass is 10.00. The van der Waals surface area contributed by atoms with Crippen LogP contribution in [-0.2, 0) is 7.05 Å². The summed E-state index contributed by atoms with van der Waals surface area (Å²) >= 11 is 12.6. The number of allylic oxidation sites excluding steroid dienone is 12. The first-order chi connectivity index (χ1) is 17.5. The smallest absolute Gasteiger partial charge is 0.136 e. The zero-order valence-electron chi connectivity index (χ0n) is 22.4. The molecule has 0 aromatic carbocycles. The molecule has 9 heteroatoms. The summed E-state index contributed by atoms with van der Waals surface area (Å²) in [6, 6.07) is 2.06. The molecule has 0 aliphatic carbocycles. The molecule has 2 N–H and O–H groups in total. The van der Waals surface area contributed by atoms with Crippen molar-refractivity contribution in [2.24, 2.45) is 17.0 Å². The SMILES string of the molecule is C=N/C(=C\C=C(/C)C#N)NCCN\C(=C/C=C/C(=C(\C)c1nc(C)cn1C)C(/C)=C(Cl)\C=C(/C)Cl)N=C. The molecule has 0 aliphatic heterocycles. The number of aliphatic imine (C=N–C) groups is 2. The highest BCUT2D eigenvalue weighted by atomic mass is 35.5. The molecule has 0 saturated heterocycles. The second-order valence-corrected chi connectivity index (χ2v) is 9.16. The van der Waals surface area contributed by atoms with E-state index in [2.05, 4.69) is 45.1 Å². The second-order valence-electron chi connectivity index (χ2n) is 8.15. The molecule has 1 aromatic rings. The normalized spacial score (nSPS) is 14.7. The summed E-state index contributed by atoms with van der Waals surface area (Å²) in [5, 5.41) is 16.3. The number of nitriles is 1. The predicted molar refractivity (Wildman–Crippen MR) is 158 cm³/mol. The molecule has 1 rings (SSSR count). The van der Waals surface area contributed by atoms with E-state index in [1.807, 2.05) is 56.8 Å². The van der Waals surface area contributed by atoms with Gasteiger partial charge in [-0.2, -0.15) is 5.26 Å². The lowest BCUT2D eigenvalue weighted by molar-refractivity contribution is 0.710. The number of nitrogens with zero attached hydrogens (tertiary/aromatic N) is 5. The highest BCUT2D eigenvalue weighted by molar-refractivity contribution is 6.34. The zero-order valence-corrected chi connectivity index (χ0v) is 23.9. The third kappa shape index (κ3) is 10.9. The molecule has 0 spiro atoms. The van der Waals surface area contributed by atoms with Gasteiger partial charge in [-0.3, -0.25) is 0 Å². The van der Waals surface area contributed by atoms with E-state index < -0.39 is 0 Å². The molecule has 196 valence electrons. The number of hydrogen-bond donors (Lipinski definition) is 2. The van der Waals surface area contributed by atoms with Gasteiger partial charge in [-0.15, -0.1) is 0 Å². The summed E-state index contributed by atoms with van der Waals surface area (Å²) in [4.78, 5) is 12.6. The lowest BCUT2D eigenvalue weighted by Crippen LogP contribution is -2.25. The van der Waals surface area contributed by atoms with E-state index in [9.17, 15) is 0 Å². The van der Waals surface area contributed by atoms with E-state index in [1.54, 1.807) is 32.1 Å². The van der Waals surface area contributed by atoms with Crippen molar-refractivity contribution in [3.63, 3.8) is 0 Å². The molecule has 0 amide bonds. The first-order valence-electron chi connectivity index (χ1n) is 11.5. The average Bonchev–Trinajstić information content (AvgIpc) is 3.20. The Kier molecular flexibility index (Phi) is 13.8. The van der Waals surface area contributed by atoms with E-state index in [4.69, 9.17) is 28.5 Å². The van der Waals surface area contributed by atoms with E-state index in [1.165, 1.54) is 0 Å². The van der Waals surface area contributed by atoms with Gasteiger partial charge in [0.05, 0.1) is 11.8 Å². The van der Waals surface area contributed by atoms with Gasteiger partial charge in [0.2, 0.25) is 0 Å². The quantitative estimate of drug-likeness (QED) is 0.130. The van der Waals surface area contributed by atoms with Crippen molar-refractivity contribution in [3.05, 3.63) is 92.6 Å². The van der Waals surface area contributed by atoms with Crippen LogP contribution >= 0.6 is 23.2 Å². The van der Waals surface area contributed by atoms with Crippen LogP contribution in [0.5, 0.6) is 0 Å². The monoisotopic (exact) mass is 539 g/mol. The minimum Gasteiger partial charge on any atom is -0.368 e. The fraction of sp³-hybridized carbons (Fsp3) is 0.286. The van der Waals surface area contributed by atoms with Crippen LogP contribution in [0.4, 0.5) is 0 Å². The molecule has 37 heavy (non-hydrogen) atoms. The Morgan fingerprint density at radius 2 is 1.68 bits per heavy atom. The van der Waals surface area contributed by atoms with Gasteiger partial charge in [0.1, 0.15) is 17.5 Å². The number of aromatic nitrogens is 2. The fourth-order valence-electron chi connectivity index (χ4n) is 3.22. The maximum atomic E-state index is 8.84. The Balaban J connectivity index is 3.14. The summed E-state index contributed by atoms with van der Waals surface area (Å²) in [5.74, 6) is 2.02. The summed E-state index contributed by atoms with van der Waals surface area (Å²) in [6.45, 7) is 17.7. The molecule has 1 aromatic heterocycles. The summed E-state index contributed by atoms with van der Waals surface area (Å²) in [5.41, 5.74) is 4.27. The number of imidazole rings is 1. The Morgan fingerprint density at radius 1 is 1.08 bits per heavy atom. The number of rotatable bonds is 13. The molecule has 7 nitrogen and oxygen atoms in total. The van der Waals surface area contributed by atoms with Crippen LogP contribution in [0.25, 0.3) is 5.57 Å². The molecule has 0 aliphatic rings. The molecule has 0 bridgehead atoms. The first kappa shape index (κ1) is 31.4. The van der Waals surface area contributed by atoms with Crippen LogP contribution < -0.4 is 10.6 Å². The van der Waals surface area contributed by atoms with Gasteiger partial charge in [-0.1, -0.05) is 35.4 Å². The third-order valence-corrected chi connectivity index (χ3v) is 5.59. The Hall–Kier alpha value is -3.60. The highest BCUT2D eigenvalue weighted by Crippen LogP contribution is 2.28. The Morgan fingerprint density at radius 3 is 2.16 bits per heavy atom. The highest BCUT2D eigenvalue weighted by Gasteiger charge is 2.12. The average molecular weight is 541 g/mol. The van der Waals surface area contributed by atoms with Gasteiger partial charge in [-0.05, 0) is 89.1 Å². The van der Waals surface area contributed by atoms with Gasteiger partial charge in [0.25, 0.3) is 0 Å². The van der Waals surface area contributed by atoms with Crippen LogP contribution in [0, 0.1) is 18.3 Å². The number of hydrogen-bond acceptors (Lipinski definition) is 6. The van der Waals surface area contributed by atoms with Crippen molar-refractivity contribution in [3.8, 4) is 6.07 Å². The minimum absolute atomic E-state index is 0.548. The minimum atomic E-state index is 0.548. The molecule has 0 saturated carbocycles. The van der Waals surface area contributed by atoms with Crippen molar-refractivity contribution in [2.75, 3.05) is 13.1 Å². The largest absolute Gasteiger partial charge is 0.368 e. The molecule has 0 unspecified atom stereocenters. The molecule has 1 heterocycles. The Bertz CT molecular complexity index is 1240. The third-order valence-electron chi connectivity index (χ3n) is 5.09. The summed E-state index contributed by atoms with van der Waals surface area (Å²) < 4.78 is 1.99. The van der Waals surface area contributed by atoms with Crippen LogP contribution in [0.2, 0.25) is 0 Å². The zero-order chi connectivity index (χ0) is 28.0. The van der Waals surface area contributed by atoms with Crippen LogP contribution in [0.3, 0.4) is 0 Å². The second kappa shape index (κ2) is 16.2. The van der Waals surface area contributed by atoms with Gasteiger partial charge >= 0.3 is 0 Å². The molecular formula is C28H35Cl2N7. The maximum absolute atomic E-state index is 8.84. The first-order valence-corrected chi connectivity index (χ1v) is 12.3. The van der Waals surface area contributed by atoms with Crippen LogP contribution in [0.1, 0.15) is 39.2 Å². The topological polar surface area (TPSA) is 90.4 Å². The van der Waals surface area contributed by atoms with E-state index >= 15 is 0 Å². The lowest BCUT2D eigenvalue weighted by Gasteiger charge is -2.11. The van der Waals surface area contributed by atoms with Crippen molar-refractivity contribution >= 4 is 42.2 Å². The number of nitrogens with one attached hydrogen (secondary N) is 2. The number of aryl methyl sites for hydroxylation is 2. The molecule has 0 atom stereocenters. The maximum Gasteiger partial charge on any atom is 0.136 e. The van der Waals surface area contributed by atoms with E-state index in [-0.39, 0.29) is 0 Å². The van der Waals surface area contributed by atoms with E-state index in [0.717, 1.165) is 28.2 Å². The number of halogens is 2. The van der Waals surface area contributed by atoms with E-state index in [0.29, 0.717) is 40.4 Å². The van der Waals surface area contributed by atoms with Gasteiger partial charge in [0, 0.05) is 42.0 Å². The predicted octanol–water partition coefficient (Wildman–Crippen LogP) is 6.45. The van der Waals surface area contributed by atoms with Gasteiger partial charge < -0.3 is 15.2 Å². The fourth-order valence-corrected chi connectivity index (χ4v) is 3.65. The molecule has 0 radical (unpaired) electrons. The summed E-state index contributed by atoms with van der Waals surface area (Å²) in [6.07, 6.45) is 12.8. The van der Waals surface area contributed by atoms with Crippen LogP contribution in [0.15, 0.2) is 91.1 Å². The van der Waals surface area contributed by atoms with Crippen molar-refractivity contribution in [1.29, 1.82) is 5.26 Å².